The Kier molecular flexibility index (Phi) is 7.25. The van der Waals surface area contributed by atoms with Crippen molar-refractivity contribution in [2.45, 2.75) is 37.5 Å². The van der Waals surface area contributed by atoms with Gasteiger partial charge in [-0.15, -0.1) is 0 Å². The summed E-state index contributed by atoms with van der Waals surface area (Å²) in [6.45, 7) is 4.16. The maximum Gasteiger partial charge on any atom is 0.191 e. The van der Waals surface area contributed by atoms with Crippen molar-refractivity contribution in [3.05, 3.63) is 35.9 Å². The minimum Gasteiger partial charge on any atom is -0.373 e. The maximum atomic E-state index is 12.2. The van der Waals surface area contributed by atoms with Crippen molar-refractivity contribution in [1.82, 2.24) is 10.6 Å². The van der Waals surface area contributed by atoms with E-state index in [0.29, 0.717) is 25.5 Å². The Morgan fingerprint density at radius 1 is 1.28 bits per heavy atom. The fraction of sp³-hybridized carbons (Fsp3) is 0.611. The molecule has 140 valence electrons. The summed E-state index contributed by atoms with van der Waals surface area (Å²) in [5, 5.41) is 6.42. The molecule has 1 aliphatic heterocycles. The summed E-state index contributed by atoms with van der Waals surface area (Å²) >= 11 is 0. The maximum absolute atomic E-state index is 12.2. The lowest BCUT2D eigenvalue weighted by atomic mass is 10.0. The van der Waals surface area contributed by atoms with E-state index in [2.05, 4.69) is 22.5 Å². The number of aliphatic imine (C=N–C) groups is 1. The molecule has 0 radical (unpaired) electrons. The molecule has 1 aromatic carbocycles. The first-order chi connectivity index (χ1) is 11.9. The molecule has 0 aromatic heterocycles. The lowest BCUT2D eigenvalue weighted by molar-refractivity contribution is 0.0243. The standard InChI is InChI=1S/C18H29N3O3S/c1-18(10-6-12-24-18)15-21-17(19-2)20-11-7-13-25(22,23)14-16-8-4-3-5-9-16/h3-5,8-9H,6-7,10-15H2,1-2H3,(H2,19,20,21). The molecular formula is C18H29N3O3S. The van der Waals surface area contributed by atoms with Gasteiger partial charge in [0.15, 0.2) is 15.8 Å². The van der Waals surface area contributed by atoms with E-state index < -0.39 is 9.84 Å². The molecule has 1 aliphatic rings. The molecule has 25 heavy (non-hydrogen) atoms. The van der Waals surface area contributed by atoms with Crippen LogP contribution in [0.5, 0.6) is 0 Å². The fourth-order valence-corrected chi connectivity index (χ4v) is 4.30. The first kappa shape index (κ1) is 19.7. The van der Waals surface area contributed by atoms with Crippen molar-refractivity contribution >= 4 is 15.8 Å². The molecule has 1 fully saturated rings. The Morgan fingerprint density at radius 2 is 2.04 bits per heavy atom. The van der Waals surface area contributed by atoms with E-state index in [1.165, 1.54) is 0 Å². The smallest absolute Gasteiger partial charge is 0.191 e. The van der Waals surface area contributed by atoms with Gasteiger partial charge in [-0.2, -0.15) is 0 Å². The first-order valence-corrected chi connectivity index (χ1v) is 10.6. The molecule has 2 N–H and O–H groups in total. The second-order valence-electron chi connectivity index (χ2n) is 6.69. The molecule has 0 amide bonds. The molecule has 0 bridgehead atoms. The Balaban J connectivity index is 1.68. The number of nitrogens with one attached hydrogen (secondary N) is 2. The van der Waals surface area contributed by atoms with Crippen molar-refractivity contribution in [3.63, 3.8) is 0 Å². The van der Waals surface area contributed by atoms with Gasteiger partial charge in [-0.25, -0.2) is 8.42 Å². The van der Waals surface area contributed by atoms with Crippen molar-refractivity contribution in [2.24, 2.45) is 4.99 Å². The van der Waals surface area contributed by atoms with Gasteiger partial charge in [0, 0.05) is 26.7 Å². The topological polar surface area (TPSA) is 79.8 Å². The Labute approximate surface area is 151 Å². The molecule has 1 aromatic rings. The number of rotatable bonds is 8. The summed E-state index contributed by atoms with van der Waals surface area (Å²) in [5.41, 5.74) is 0.689. The summed E-state index contributed by atoms with van der Waals surface area (Å²) in [7, 11) is -1.39. The Morgan fingerprint density at radius 3 is 2.68 bits per heavy atom. The first-order valence-electron chi connectivity index (χ1n) is 8.75. The number of sulfone groups is 1. The predicted octanol–water partition coefficient (Wildman–Crippen LogP) is 1.73. The quantitative estimate of drug-likeness (QED) is 0.415. The third-order valence-electron chi connectivity index (χ3n) is 4.31. The van der Waals surface area contributed by atoms with Crippen LogP contribution in [0.3, 0.4) is 0 Å². The van der Waals surface area contributed by atoms with E-state index in [4.69, 9.17) is 4.74 Å². The third-order valence-corrected chi connectivity index (χ3v) is 5.99. The van der Waals surface area contributed by atoms with Gasteiger partial charge in [0.2, 0.25) is 0 Å². The van der Waals surface area contributed by atoms with Crippen molar-refractivity contribution in [3.8, 4) is 0 Å². The largest absolute Gasteiger partial charge is 0.373 e. The zero-order valence-corrected chi connectivity index (χ0v) is 15.9. The average molecular weight is 368 g/mol. The van der Waals surface area contributed by atoms with E-state index >= 15 is 0 Å². The lowest BCUT2D eigenvalue weighted by Gasteiger charge is -2.24. The molecule has 1 atom stereocenters. The second-order valence-corrected chi connectivity index (χ2v) is 8.87. The predicted molar refractivity (Wildman–Crippen MR) is 102 cm³/mol. The number of nitrogens with zero attached hydrogens (tertiary/aromatic N) is 1. The van der Waals surface area contributed by atoms with E-state index in [9.17, 15) is 8.42 Å². The van der Waals surface area contributed by atoms with Crippen LogP contribution in [0.4, 0.5) is 0 Å². The van der Waals surface area contributed by atoms with Gasteiger partial charge in [0.1, 0.15) is 0 Å². The van der Waals surface area contributed by atoms with E-state index in [-0.39, 0.29) is 17.1 Å². The highest BCUT2D eigenvalue weighted by Crippen LogP contribution is 2.23. The third kappa shape index (κ3) is 7.04. The van der Waals surface area contributed by atoms with Crippen LogP contribution in [0.2, 0.25) is 0 Å². The van der Waals surface area contributed by atoms with Crippen LogP contribution in [0.25, 0.3) is 0 Å². The Bertz CT molecular complexity index is 653. The van der Waals surface area contributed by atoms with Crippen LogP contribution in [0.1, 0.15) is 31.7 Å². The highest BCUT2D eigenvalue weighted by Gasteiger charge is 2.29. The summed E-state index contributed by atoms with van der Waals surface area (Å²) in [5.74, 6) is 0.931. The molecule has 1 heterocycles. The Hall–Kier alpha value is -1.60. The fourth-order valence-electron chi connectivity index (χ4n) is 2.87. The summed E-state index contributed by atoms with van der Waals surface area (Å²) in [4.78, 5) is 4.17. The van der Waals surface area contributed by atoms with Crippen molar-refractivity contribution in [1.29, 1.82) is 0 Å². The van der Waals surface area contributed by atoms with Gasteiger partial charge in [-0.1, -0.05) is 30.3 Å². The number of ether oxygens (including phenoxy) is 1. The number of guanidine groups is 1. The van der Waals surface area contributed by atoms with Crippen LogP contribution in [0, 0.1) is 0 Å². The molecule has 0 spiro atoms. The van der Waals surface area contributed by atoms with Crippen LogP contribution in [0.15, 0.2) is 35.3 Å². The van der Waals surface area contributed by atoms with Crippen LogP contribution < -0.4 is 10.6 Å². The highest BCUT2D eigenvalue weighted by molar-refractivity contribution is 7.90. The van der Waals surface area contributed by atoms with Crippen LogP contribution in [-0.4, -0.2) is 52.5 Å². The zero-order valence-electron chi connectivity index (χ0n) is 15.1. The normalized spacial score (nSPS) is 21.3. The zero-order chi connectivity index (χ0) is 18.2. The molecule has 0 aliphatic carbocycles. The molecule has 1 saturated heterocycles. The molecule has 2 rings (SSSR count). The van der Waals surface area contributed by atoms with E-state index in [1.54, 1.807) is 7.05 Å². The molecule has 0 saturated carbocycles. The summed E-state index contributed by atoms with van der Waals surface area (Å²) < 4.78 is 30.1. The van der Waals surface area contributed by atoms with Gasteiger partial charge >= 0.3 is 0 Å². The lowest BCUT2D eigenvalue weighted by Crippen LogP contribution is -2.45. The monoisotopic (exact) mass is 367 g/mol. The summed E-state index contributed by atoms with van der Waals surface area (Å²) in [6, 6.07) is 9.28. The van der Waals surface area contributed by atoms with Crippen LogP contribution in [-0.2, 0) is 20.3 Å². The second kappa shape index (κ2) is 9.20. The summed E-state index contributed by atoms with van der Waals surface area (Å²) in [6.07, 6.45) is 2.67. The molecule has 1 unspecified atom stereocenters. The number of benzene rings is 1. The van der Waals surface area contributed by atoms with E-state index in [0.717, 1.165) is 25.0 Å². The average Bonchev–Trinajstić information content (AvgIpc) is 3.01. The van der Waals surface area contributed by atoms with Gasteiger partial charge in [0.05, 0.1) is 17.1 Å². The van der Waals surface area contributed by atoms with Gasteiger partial charge in [-0.3, -0.25) is 4.99 Å². The number of hydrogen-bond donors (Lipinski definition) is 2. The number of hydrogen-bond acceptors (Lipinski definition) is 4. The van der Waals surface area contributed by atoms with Crippen LogP contribution >= 0.6 is 0 Å². The highest BCUT2D eigenvalue weighted by atomic mass is 32.2. The minimum atomic E-state index is -3.09. The minimum absolute atomic E-state index is 0.0938. The van der Waals surface area contributed by atoms with Gasteiger partial charge in [-0.05, 0) is 31.7 Å². The van der Waals surface area contributed by atoms with Gasteiger partial charge in [0.25, 0.3) is 0 Å². The van der Waals surface area contributed by atoms with Crippen molar-refractivity contribution in [2.75, 3.05) is 32.5 Å². The molecule has 7 heteroatoms. The molecular weight excluding hydrogens is 338 g/mol. The van der Waals surface area contributed by atoms with E-state index in [1.807, 2.05) is 30.3 Å². The van der Waals surface area contributed by atoms with Crippen molar-refractivity contribution < 1.29 is 13.2 Å². The van der Waals surface area contributed by atoms with Gasteiger partial charge < -0.3 is 15.4 Å². The SMILES string of the molecule is CN=C(NCCCS(=O)(=O)Cc1ccccc1)NCC1(C)CCCO1. The molecule has 6 nitrogen and oxygen atoms in total.